The second-order valence-electron chi connectivity index (χ2n) is 6.21. The summed E-state index contributed by atoms with van der Waals surface area (Å²) in [5.74, 6) is -1.67. The molecule has 4 nitrogen and oxygen atoms in total. The molecule has 0 spiro atoms. The van der Waals surface area contributed by atoms with Crippen LogP contribution in [0, 0.1) is 18.6 Å². The van der Waals surface area contributed by atoms with Gasteiger partial charge in [0.1, 0.15) is 0 Å². The van der Waals surface area contributed by atoms with Gasteiger partial charge in [0, 0.05) is 30.2 Å². The SMILES string of the molecule is CNSC1CN(c2ccc3c(cnn3-c3cc(C)c(F)c(F)c3)c2)C1. The van der Waals surface area contributed by atoms with Crippen molar-refractivity contribution in [2.45, 2.75) is 12.2 Å². The molecule has 4 rings (SSSR count). The molecule has 1 aromatic heterocycles. The summed E-state index contributed by atoms with van der Waals surface area (Å²) in [6.45, 7) is 3.57. The highest BCUT2D eigenvalue weighted by molar-refractivity contribution is 7.98. The lowest BCUT2D eigenvalue weighted by atomic mass is 10.1. The van der Waals surface area contributed by atoms with Crippen LogP contribution < -0.4 is 9.62 Å². The third-order valence-corrected chi connectivity index (χ3v) is 5.36. The lowest BCUT2D eigenvalue weighted by Crippen LogP contribution is -2.49. The fourth-order valence-corrected chi connectivity index (χ4v) is 3.99. The minimum Gasteiger partial charge on any atom is -0.369 e. The average molecular weight is 360 g/mol. The molecule has 0 amide bonds. The van der Waals surface area contributed by atoms with E-state index in [-0.39, 0.29) is 5.56 Å². The highest BCUT2D eigenvalue weighted by Crippen LogP contribution is 2.30. The summed E-state index contributed by atoms with van der Waals surface area (Å²) in [5.41, 5.74) is 2.81. The van der Waals surface area contributed by atoms with Gasteiger partial charge in [0.15, 0.2) is 11.6 Å². The number of nitrogens with zero attached hydrogens (tertiary/aromatic N) is 3. The molecule has 7 heteroatoms. The molecule has 2 aromatic carbocycles. The predicted octanol–water partition coefficient (Wildman–Crippen LogP) is 3.67. The van der Waals surface area contributed by atoms with E-state index in [2.05, 4.69) is 20.8 Å². The Morgan fingerprint density at radius 3 is 2.68 bits per heavy atom. The standard InChI is InChI=1S/C18H18F2N4S/c1-11-5-14(7-16(19)18(11)20)24-17-4-3-13(6-12(17)8-22-24)23-9-15(10-23)25-21-2/h3-8,15,21H,9-10H2,1-2H3. The molecule has 0 bridgehead atoms. The Labute approximate surface area is 148 Å². The normalized spacial score (nSPS) is 15.0. The van der Waals surface area contributed by atoms with E-state index in [9.17, 15) is 8.78 Å². The van der Waals surface area contributed by atoms with Gasteiger partial charge in [-0.25, -0.2) is 13.5 Å². The molecule has 1 fully saturated rings. The van der Waals surface area contributed by atoms with Gasteiger partial charge in [0.05, 0.1) is 22.7 Å². The van der Waals surface area contributed by atoms with Crippen LogP contribution in [0.15, 0.2) is 36.5 Å². The smallest absolute Gasteiger partial charge is 0.161 e. The van der Waals surface area contributed by atoms with E-state index in [1.165, 1.54) is 6.07 Å². The number of hydrogen-bond donors (Lipinski definition) is 1. The second-order valence-corrected chi connectivity index (χ2v) is 7.52. The van der Waals surface area contributed by atoms with Crippen molar-refractivity contribution in [1.29, 1.82) is 0 Å². The molecule has 1 aliphatic heterocycles. The maximum Gasteiger partial charge on any atom is 0.161 e. The number of fused-ring (bicyclic) bond motifs is 1. The van der Waals surface area contributed by atoms with Crippen molar-refractivity contribution in [1.82, 2.24) is 14.5 Å². The fourth-order valence-electron chi connectivity index (χ4n) is 3.14. The summed E-state index contributed by atoms with van der Waals surface area (Å²) in [6.07, 6.45) is 1.76. The van der Waals surface area contributed by atoms with Crippen LogP contribution in [-0.4, -0.2) is 35.2 Å². The van der Waals surface area contributed by atoms with Gasteiger partial charge in [0.2, 0.25) is 0 Å². The molecule has 1 aliphatic rings. The zero-order valence-corrected chi connectivity index (χ0v) is 14.8. The van der Waals surface area contributed by atoms with E-state index in [0.717, 1.165) is 29.7 Å². The molecule has 130 valence electrons. The first-order chi connectivity index (χ1) is 12.1. The molecular formula is C18H18F2N4S. The van der Waals surface area contributed by atoms with Crippen LogP contribution in [0.2, 0.25) is 0 Å². The first-order valence-electron chi connectivity index (χ1n) is 8.08. The average Bonchev–Trinajstić information content (AvgIpc) is 2.98. The largest absolute Gasteiger partial charge is 0.369 e. The van der Waals surface area contributed by atoms with Crippen molar-refractivity contribution in [3.8, 4) is 5.69 Å². The highest BCUT2D eigenvalue weighted by atomic mass is 32.2. The molecule has 25 heavy (non-hydrogen) atoms. The molecule has 1 N–H and O–H groups in total. The highest BCUT2D eigenvalue weighted by Gasteiger charge is 2.27. The number of halogens is 2. The fraction of sp³-hybridized carbons (Fsp3) is 0.278. The summed E-state index contributed by atoms with van der Waals surface area (Å²) in [7, 11) is 1.94. The molecular weight excluding hydrogens is 342 g/mol. The van der Waals surface area contributed by atoms with E-state index in [1.54, 1.807) is 35.8 Å². The Bertz CT molecular complexity index is 911. The van der Waals surface area contributed by atoms with Crippen LogP contribution >= 0.6 is 11.9 Å². The quantitative estimate of drug-likeness (QED) is 0.720. The Morgan fingerprint density at radius 2 is 1.96 bits per heavy atom. The van der Waals surface area contributed by atoms with Gasteiger partial charge in [-0.05, 0) is 43.8 Å². The zero-order valence-electron chi connectivity index (χ0n) is 14.0. The van der Waals surface area contributed by atoms with Gasteiger partial charge in [-0.1, -0.05) is 11.9 Å². The summed E-state index contributed by atoms with van der Waals surface area (Å²) < 4.78 is 32.0. The van der Waals surface area contributed by atoms with Crippen molar-refractivity contribution in [3.63, 3.8) is 0 Å². The molecule has 0 aliphatic carbocycles. The van der Waals surface area contributed by atoms with Gasteiger partial charge >= 0.3 is 0 Å². The zero-order chi connectivity index (χ0) is 17.6. The van der Waals surface area contributed by atoms with E-state index >= 15 is 0 Å². The summed E-state index contributed by atoms with van der Waals surface area (Å²) in [6, 6.07) is 8.90. The van der Waals surface area contributed by atoms with Crippen molar-refractivity contribution in [2.24, 2.45) is 0 Å². The third-order valence-electron chi connectivity index (χ3n) is 4.49. The maximum absolute atomic E-state index is 13.7. The number of rotatable bonds is 4. The lowest BCUT2D eigenvalue weighted by Gasteiger charge is -2.40. The molecule has 0 unspecified atom stereocenters. The number of aryl methyl sites for hydroxylation is 1. The van der Waals surface area contributed by atoms with Gasteiger partial charge in [0.25, 0.3) is 0 Å². The summed E-state index contributed by atoms with van der Waals surface area (Å²) in [4.78, 5) is 2.31. The van der Waals surface area contributed by atoms with Crippen LogP contribution in [0.3, 0.4) is 0 Å². The predicted molar refractivity (Wildman–Crippen MR) is 98.4 cm³/mol. The molecule has 3 aromatic rings. The van der Waals surface area contributed by atoms with Crippen molar-refractivity contribution in [3.05, 3.63) is 53.7 Å². The molecule has 2 heterocycles. The van der Waals surface area contributed by atoms with Gasteiger partial charge < -0.3 is 4.90 Å². The first-order valence-corrected chi connectivity index (χ1v) is 8.96. The number of aromatic nitrogens is 2. The first kappa shape index (κ1) is 16.4. The minimum atomic E-state index is -0.857. The third kappa shape index (κ3) is 2.87. The minimum absolute atomic E-state index is 0.268. The molecule has 1 saturated heterocycles. The summed E-state index contributed by atoms with van der Waals surface area (Å²) >= 11 is 1.75. The molecule has 0 saturated carbocycles. The van der Waals surface area contributed by atoms with Crippen LogP contribution in [0.5, 0.6) is 0 Å². The number of benzene rings is 2. The second kappa shape index (κ2) is 6.31. The van der Waals surface area contributed by atoms with Crippen molar-refractivity contribution < 1.29 is 8.78 Å². The number of hydrogen-bond acceptors (Lipinski definition) is 4. The number of nitrogens with one attached hydrogen (secondary N) is 1. The van der Waals surface area contributed by atoms with E-state index in [0.29, 0.717) is 10.9 Å². The van der Waals surface area contributed by atoms with E-state index in [1.807, 2.05) is 19.2 Å². The van der Waals surface area contributed by atoms with E-state index in [4.69, 9.17) is 0 Å². The maximum atomic E-state index is 13.7. The van der Waals surface area contributed by atoms with E-state index < -0.39 is 11.6 Å². The lowest BCUT2D eigenvalue weighted by molar-refractivity contribution is 0.502. The van der Waals surface area contributed by atoms with Gasteiger partial charge in [-0.15, -0.1) is 0 Å². The van der Waals surface area contributed by atoms with Gasteiger partial charge in [-0.2, -0.15) is 5.10 Å². The van der Waals surface area contributed by atoms with Gasteiger partial charge in [-0.3, -0.25) is 4.72 Å². The Kier molecular flexibility index (Phi) is 4.13. The monoisotopic (exact) mass is 360 g/mol. The molecule has 0 radical (unpaired) electrons. The topological polar surface area (TPSA) is 33.1 Å². The van der Waals surface area contributed by atoms with Crippen molar-refractivity contribution >= 4 is 28.5 Å². The Balaban J connectivity index is 1.65. The summed E-state index contributed by atoms with van der Waals surface area (Å²) in [5, 5.41) is 5.94. The van der Waals surface area contributed by atoms with Crippen LogP contribution in [0.1, 0.15) is 5.56 Å². The molecule has 0 atom stereocenters. The Hall–Kier alpha value is -2.12. The van der Waals surface area contributed by atoms with Crippen LogP contribution in [0.25, 0.3) is 16.6 Å². The van der Waals surface area contributed by atoms with Crippen molar-refractivity contribution in [2.75, 3.05) is 25.0 Å². The van der Waals surface area contributed by atoms with Crippen LogP contribution in [0.4, 0.5) is 14.5 Å². The Morgan fingerprint density at radius 1 is 1.16 bits per heavy atom. The number of anilines is 1. The van der Waals surface area contributed by atoms with Crippen LogP contribution in [-0.2, 0) is 0 Å².